The number of rotatable bonds is 8. The fraction of sp³-hybridized carbons (Fsp3) is 0.467. The number of benzene rings is 3. The van der Waals surface area contributed by atoms with E-state index in [2.05, 4.69) is 19.1 Å². The maximum Gasteiger partial charge on any atom is 0.119 e. The molecule has 0 spiro atoms. The first-order chi connectivity index (χ1) is 16.1. The van der Waals surface area contributed by atoms with Gasteiger partial charge in [-0.05, 0) is 103 Å². The number of phenolic OH excluding ortho intramolecular Hbond substituents is 1. The molecule has 2 aliphatic rings. The van der Waals surface area contributed by atoms with E-state index in [9.17, 15) is 10.2 Å². The van der Waals surface area contributed by atoms with Crippen molar-refractivity contribution in [1.82, 2.24) is 0 Å². The summed E-state index contributed by atoms with van der Waals surface area (Å²) in [5.41, 5.74) is 4.43. The van der Waals surface area contributed by atoms with Crippen LogP contribution in [0.5, 0.6) is 11.5 Å². The zero-order valence-corrected chi connectivity index (χ0v) is 19.7. The predicted octanol–water partition coefficient (Wildman–Crippen LogP) is 6.92. The minimum atomic E-state index is -0.191. The van der Waals surface area contributed by atoms with Crippen LogP contribution >= 0.6 is 0 Å². The molecule has 2 N–H and O–H groups in total. The molecule has 0 heterocycles. The molecular weight excluding hydrogens is 408 g/mol. The number of aliphatic hydroxyl groups excluding tert-OH is 1. The van der Waals surface area contributed by atoms with E-state index < -0.39 is 0 Å². The molecule has 0 bridgehead atoms. The highest BCUT2D eigenvalue weighted by atomic mass is 16.5. The summed E-state index contributed by atoms with van der Waals surface area (Å²) in [6.07, 6.45) is 9.53. The summed E-state index contributed by atoms with van der Waals surface area (Å²) >= 11 is 0. The van der Waals surface area contributed by atoms with Crippen LogP contribution in [-0.2, 0) is 12.8 Å². The zero-order valence-electron chi connectivity index (χ0n) is 19.7. The van der Waals surface area contributed by atoms with Crippen LogP contribution < -0.4 is 4.74 Å². The third kappa shape index (κ3) is 4.36. The Morgan fingerprint density at radius 1 is 0.970 bits per heavy atom. The first-order valence-electron chi connectivity index (χ1n) is 12.7. The van der Waals surface area contributed by atoms with Gasteiger partial charge < -0.3 is 14.9 Å². The Hall–Kier alpha value is -2.52. The van der Waals surface area contributed by atoms with Crippen LogP contribution in [0, 0.1) is 5.41 Å². The quantitative estimate of drug-likeness (QED) is 0.371. The van der Waals surface area contributed by atoms with E-state index in [0.717, 1.165) is 62.7 Å². The summed E-state index contributed by atoms with van der Waals surface area (Å²) < 4.78 is 5.83. The number of aliphatic hydroxyl groups is 1. The van der Waals surface area contributed by atoms with Crippen molar-refractivity contribution in [1.29, 1.82) is 0 Å². The Morgan fingerprint density at radius 2 is 1.79 bits per heavy atom. The molecule has 2 aliphatic carbocycles. The van der Waals surface area contributed by atoms with Crippen LogP contribution in [0.1, 0.15) is 74.5 Å². The number of ether oxygens (including phenoxy) is 1. The van der Waals surface area contributed by atoms with Gasteiger partial charge in [0.2, 0.25) is 0 Å². The molecule has 33 heavy (non-hydrogen) atoms. The minimum Gasteiger partial charge on any atom is -0.508 e. The predicted molar refractivity (Wildman–Crippen MR) is 134 cm³/mol. The lowest BCUT2D eigenvalue weighted by Gasteiger charge is -2.41. The molecular formula is C30H36O3. The maximum atomic E-state index is 10.8. The molecule has 1 fully saturated rings. The van der Waals surface area contributed by atoms with Gasteiger partial charge in [0.15, 0.2) is 0 Å². The Morgan fingerprint density at radius 3 is 2.64 bits per heavy atom. The number of aromatic hydroxyl groups is 1. The number of hydrogen-bond donors (Lipinski definition) is 2. The molecule has 174 valence electrons. The molecule has 3 aromatic rings. The van der Waals surface area contributed by atoms with Gasteiger partial charge in [-0.1, -0.05) is 50.1 Å². The van der Waals surface area contributed by atoms with Gasteiger partial charge in [-0.2, -0.15) is 0 Å². The maximum absolute atomic E-state index is 10.8. The largest absolute Gasteiger partial charge is 0.508 e. The summed E-state index contributed by atoms with van der Waals surface area (Å²) in [6.45, 7) is 3.07. The number of aryl methyl sites for hydroxylation is 2. The van der Waals surface area contributed by atoms with Crippen molar-refractivity contribution in [2.45, 2.75) is 76.7 Å². The average Bonchev–Trinajstić information content (AvgIpc) is 3.13. The van der Waals surface area contributed by atoms with Crippen LogP contribution in [0.2, 0.25) is 0 Å². The highest BCUT2D eigenvalue weighted by Crippen LogP contribution is 2.57. The van der Waals surface area contributed by atoms with Gasteiger partial charge in [0, 0.05) is 5.41 Å². The van der Waals surface area contributed by atoms with Gasteiger partial charge in [-0.3, -0.25) is 0 Å². The summed E-state index contributed by atoms with van der Waals surface area (Å²) in [5.74, 6) is 1.73. The van der Waals surface area contributed by atoms with Gasteiger partial charge >= 0.3 is 0 Å². The lowest BCUT2D eigenvalue weighted by molar-refractivity contribution is 0.0457. The highest BCUT2D eigenvalue weighted by molar-refractivity contribution is 5.89. The van der Waals surface area contributed by atoms with E-state index in [1.54, 1.807) is 0 Å². The van der Waals surface area contributed by atoms with Gasteiger partial charge in [0.25, 0.3) is 0 Å². The Kier molecular flexibility index (Phi) is 6.34. The second kappa shape index (κ2) is 9.38. The number of fused-ring (bicyclic) bond motifs is 5. The third-order valence-corrected chi connectivity index (χ3v) is 8.26. The van der Waals surface area contributed by atoms with Crippen molar-refractivity contribution in [3.05, 3.63) is 71.3 Å². The smallest absolute Gasteiger partial charge is 0.119 e. The standard InChI is InChI=1S/C30H36O3/c1-30-17-16-26-25-13-12-23(31)20-22(25)19-21(29(26)27(30)14-15-28(30)32)9-5-2-3-8-18-33-24-10-6-4-7-11-24/h4,6-7,10-13,19-20,27-28,31-32H,2-3,5,8-9,14-18H2,1H3/t27?,28?,30-/m0/s1. The van der Waals surface area contributed by atoms with Crippen LogP contribution in [0.25, 0.3) is 10.8 Å². The minimum absolute atomic E-state index is 0.00111. The molecule has 1 saturated carbocycles. The summed E-state index contributed by atoms with van der Waals surface area (Å²) in [4.78, 5) is 0. The molecule has 0 aromatic heterocycles. The van der Waals surface area contributed by atoms with Crippen molar-refractivity contribution in [2.75, 3.05) is 6.61 Å². The van der Waals surface area contributed by atoms with Crippen LogP contribution in [-0.4, -0.2) is 22.9 Å². The molecule has 3 nitrogen and oxygen atoms in total. The second-order valence-corrected chi connectivity index (χ2v) is 10.3. The van der Waals surface area contributed by atoms with Gasteiger partial charge in [-0.25, -0.2) is 0 Å². The molecule has 0 saturated heterocycles. The van der Waals surface area contributed by atoms with Crippen LogP contribution in [0.15, 0.2) is 54.6 Å². The molecule has 3 heteroatoms. The second-order valence-electron chi connectivity index (χ2n) is 10.3. The van der Waals surface area contributed by atoms with E-state index in [-0.39, 0.29) is 11.5 Å². The average molecular weight is 445 g/mol. The van der Waals surface area contributed by atoms with Crippen molar-refractivity contribution >= 4 is 10.8 Å². The Balaban J connectivity index is 1.29. The highest BCUT2D eigenvalue weighted by Gasteiger charge is 2.49. The van der Waals surface area contributed by atoms with Gasteiger partial charge in [-0.15, -0.1) is 0 Å². The summed E-state index contributed by atoms with van der Waals surface area (Å²) in [5, 5.41) is 23.3. The molecule has 0 amide bonds. The summed E-state index contributed by atoms with van der Waals surface area (Å²) in [6, 6.07) is 18.2. The molecule has 3 atom stereocenters. The number of hydrogen-bond acceptors (Lipinski definition) is 3. The number of phenols is 1. The van der Waals surface area contributed by atoms with Crippen LogP contribution in [0.3, 0.4) is 0 Å². The molecule has 0 aliphatic heterocycles. The number of unbranched alkanes of at least 4 members (excludes halogenated alkanes) is 3. The normalized spacial score (nSPS) is 23.9. The van der Waals surface area contributed by atoms with Crippen LogP contribution in [0.4, 0.5) is 0 Å². The topological polar surface area (TPSA) is 49.7 Å². The molecule has 0 radical (unpaired) electrons. The van der Waals surface area contributed by atoms with E-state index in [0.29, 0.717) is 11.7 Å². The van der Waals surface area contributed by atoms with Crippen molar-refractivity contribution in [3.8, 4) is 11.5 Å². The van der Waals surface area contributed by atoms with Crippen molar-refractivity contribution in [2.24, 2.45) is 5.41 Å². The first kappa shape index (κ1) is 22.3. The molecule has 3 aromatic carbocycles. The third-order valence-electron chi connectivity index (χ3n) is 8.26. The lowest BCUT2D eigenvalue weighted by atomic mass is 9.64. The van der Waals surface area contributed by atoms with E-state index in [1.165, 1.54) is 34.9 Å². The SMILES string of the molecule is C[C@]12CCc3c(c(CCCCCCOc4ccccc4)cc4cc(O)ccc34)C1CCC2O. The first-order valence-corrected chi connectivity index (χ1v) is 12.7. The van der Waals surface area contributed by atoms with Gasteiger partial charge in [0.05, 0.1) is 12.7 Å². The van der Waals surface area contributed by atoms with Gasteiger partial charge in [0.1, 0.15) is 11.5 Å². The van der Waals surface area contributed by atoms with Crippen molar-refractivity contribution < 1.29 is 14.9 Å². The fourth-order valence-corrected chi connectivity index (χ4v) is 6.36. The number of para-hydroxylation sites is 1. The monoisotopic (exact) mass is 444 g/mol. The van der Waals surface area contributed by atoms with Crippen molar-refractivity contribution in [3.63, 3.8) is 0 Å². The van der Waals surface area contributed by atoms with E-state index in [4.69, 9.17) is 4.74 Å². The van der Waals surface area contributed by atoms with E-state index in [1.807, 2.05) is 42.5 Å². The summed E-state index contributed by atoms with van der Waals surface area (Å²) in [7, 11) is 0. The zero-order chi connectivity index (χ0) is 22.8. The van der Waals surface area contributed by atoms with E-state index >= 15 is 0 Å². The Labute approximate surface area is 197 Å². The Bertz CT molecular complexity index is 1110. The fourth-order valence-electron chi connectivity index (χ4n) is 6.36. The molecule has 2 unspecified atom stereocenters. The molecule has 5 rings (SSSR count). The lowest BCUT2D eigenvalue weighted by Crippen LogP contribution is -2.36.